The molecule has 0 aromatic heterocycles. The minimum atomic E-state index is -0.960. The van der Waals surface area contributed by atoms with Gasteiger partial charge < -0.3 is 15.7 Å². The van der Waals surface area contributed by atoms with E-state index in [1.54, 1.807) is 0 Å². The summed E-state index contributed by atoms with van der Waals surface area (Å²) in [6, 6.07) is 0. The van der Waals surface area contributed by atoms with Gasteiger partial charge in [0.05, 0.1) is 6.54 Å². The summed E-state index contributed by atoms with van der Waals surface area (Å²) in [4.78, 5) is 26.7. The van der Waals surface area contributed by atoms with E-state index in [-0.39, 0.29) is 82.2 Å². The summed E-state index contributed by atoms with van der Waals surface area (Å²) >= 11 is 0. The van der Waals surface area contributed by atoms with Crippen LogP contribution in [0, 0.1) is 0 Å². The number of hydrogen-bond donors (Lipinski definition) is 2. The Kier molecular flexibility index (Phi) is 22.1. The number of quaternary nitrogens is 1. The normalized spacial score (nSPS) is 14.3. The third-order valence-corrected chi connectivity index (χ3v) is 4.75. The van der Waals surface area contributed by atoms with E-state index in [9.17, 15) is 9.59 Å². The van der Waals surface area contributed by atoms with E-state index in [2.05, 4.69) is 11.9 Å². The van der Waals surface area contributed by atoms with Gasteiger partial charge in [0.15, 0.2) is 18.9 Å². The summed E-state index contributed by atoms with van der Waals surface area (Å²) in [5.74, 6) is -1.15. The van der Waals surface area contributed by atoms with E-state index in [4.69, 9.17) is 10.2 Å². The number of rotatable bonds is 14. The zero-order valence-electron chi connectivity index (χ0n) is 17.5. The van der Waals surface area contributed by atoms with Gasteiger partial charge in [0, 0.05) is 65.5 Å². The van der Waals surface area contributed by atoms with Crippen molar-refractivity contribution in [1.29, 1.82) is 0 Å². The summed E-state index contributed by atoms with van der Waals surface area (Å²) in [5, 5.41) is 18.3. The number of aliphatic imine (C=N–C) groups is 1. The van der Waals surface area contributed by atoms with Crippen molar-refractivity contribution in [3.63, 3.8) is 0 Å². The molecule has 0 unspecified atom stereocenters. The maximum absolute atomic E-state index is 11.1. The Morgan fingerprint density at radius 2 is 1.33 bits per heavy atom. The molecule has 0 aromatic carbocycles. The van der Waals surface area contributed by atoms with Crippen molar-refractivity contribution < 1.29 is 29.8 Å². The maximum Gasteiger partial charge on any atom is 0.359 e. The molecule has 0 atom stereocenters. The Balaban J connectivity index is -0.00000192. The van der Waals surface area contributed by atoms with Crippen LogP contribution in [0.25, 0.3) is 0 Å². The van der Waals surface area contributed by atoms with Crippen LogP contribution < -0.4 is 0 Å². The summed E-state index contributed by atoms with van der Waals surface area (Å²) in [7, 11) is 0. The molecule has 0 saturated heterocycles. The van der Waals surface area contributed by atoms with Crippen LogP contribution in [0.15, 0.2) is 4.99 Å². The first kappa shape index (κ1) is 32.2. The predicted octanol–water partition coefficient (Wildman–Crippen LogP) is 2.37. The molecule has 0 bridgehead atoms. The summed E-state index contributed by atoms with van der Waals surface area (Å²) in [6.45, 7) is 2.89. The third kappa shape index (κ3) is 13.4. The molecule has 27 heavy (non-hydrogen) atoms. The van der Waals surface area contributed by atoms with Crippen LogP contribution in [0.3, 0.4) is 0 Å². The second-order valence-electron chi connectivity index (χ2n) is 6.85. The molecule has 0 fully saturated rings. The van der Waals surface area contributed by atoms with Gasteiger partial charge in [-0.2, -0.15) is 0 Å². The van der Waals surface area contributed by atoms with Crippen LogP contribution in [0.4, 0.5) is 0 Å². The van der Waals surface area contributed by atoms with Crippen LogP contribution >= 0.6 is 0 Å². The van der Waals surface area contributed by atoms with Crippen LogP contribution in [0.5, 0.6) is 0 Å². The molecule has 1 aliphatic heterocycles. The van der Waals surface area contributed by atoms with Crippen molar-refractivity contribution in [3.05, 3.63) is 0 Å². The van der Waals surface area contributed by atoms with E-state index < -0.39 is 11.9 Å². The Morgan fingerprint density at radius 3 is 1.78 bits per heavy atom. The number of carbonyl (C=O) groups is 2. The Hall–Kier alpha value is 0.530. The molecular weight excluding hydrogens is 370 g/mol. The standard InChI is InChI=1S/C18H32N2O4.2Na.H2O/c1-2-3-4-5-6-7-8-9-10-11-16-19-12-13-20(16,14-17(21)22)15-18(23)24;;;/h2-15H2,1H3,(H-,21,22,23,24);;;1H2. The zero-order valence-corrected chi connectivity index (χ0v) is 21.5. The fraction of sp³-hybridized carbons (Fsp3) is 0.833. The van der Waals surface area contributed by atoms with Crippen LogP contribution in [-0.4, -0.2) is 123 Å². The summed E-state index contributed by atoms with van der Waals surface area (Å²) < 4.78 is 0.00167. The molecule has 9 heteroatoms. The fourth-order valence-corrected chi connectivity index (χ4v) is 3.47. The first-order valence-electron chi connectivity index (χ1n) is 9.34. The number of carboxylic acids is 2. The van der Waals surface area contributed by atoms with Crippen molar-refractivity contribution in [2.24, 2.45) is 4.99 Å². The summed E-state index contributed by atoms with van der Waals surface area (Å²) in [6.07, 6.45) is 11.8. The van der Waals surface area contributed by atoms with Crippen molar-refractivity contribution in [2.45, 2.75) is 71.1 Å². The molecule has 0 aliphatic carbocycles. The average molecular weight is 404 g/mol. The molecular formula is C18H34N2Na2O5. The van der Waals surface area contributed by atoms with Crippen molar-refractivity contribution in [2.75, 3.05) is 26.2 Å². The maximum atomic E-state index is 11.1. The van der Waals surface area contributed by atoms with Crippen LogP contribution in [-0.2, 0) is 9.59 Å². The quantitative estimate of drug-likeness (QED) is 0.262. The van der Waals surface area contributed by atoms with Gasteiger partial charge in [-0.15, -0.1) is 0 Å². The number of nitrogens with zero attached hydrogens (tertiary/aromatic N) is 2. The van der Waals surface area contributed by atoms with Crippen LogP contribution in [0.1, 0.15) is 71.1 Å². The van der Waals surface area contributed by atoms with Crippen molar-refractivity contribution >= 4 is 76.9 Å². The number of hydrogen-bond acceptors (Lipinski definition) is 4. The predicted molar refractivity (Wildman–Crippen MR) is 108 cm³/mol. The smallest absolute Gasteiger partial charge is 0.359 e. The molecule has 0 spiro atoms. The third-order valence-electron chi connectivity index (χ3n) is 4.75. The second kappa shape index (κ2) is 18.6. The minimum Gasteiger partial charge on any atom is -0.870 e. The average Bonchev–Trinajstić information content (AvgIpc) is 2.86. The van der Waals surface area contributed by atoms with Gasteiger partial charge in [0.25, 0.3) is 0 Å². The van der Waals surface area contributed by atoms with E-state index in [0.717, 1.165) is 25.1 Å². The van der Waals surface area contributed by atoms with Gasteiger partial charge >= 0.3 is 11.9 Å². The Morgan fingerprint density at radius 1 is 0.889 bits per heavy atom. The molecule has 1 heterocycles. The molecule has 0 amide bonds. The number of aliphatic carboxylic acids is 2. The van der Waals surface area contributed by atoms with Crippen LogP contribution in [0.2, 0.25) is 0 Å². The van der Waals surface area contributed by atoms with Gasteiger partial charge in [-0.05, 0) is 6.42 Å². The molecule has 0 saturated carbocycles. The number of carboxylic acid groups (broad SMARTS) is 2. The Bertz CT molecular complexity index is 431. The van der Waals surface area contributed by atoms with E-state index >= 15 is 0 Å². The van der Waals surface area contributed by atoms with E-state index in [0.29, 0.717) is 13.1 Å². The first-order valence-corrected chi connectivity index (χ1v) is 9.34. The van der Waals surface area contributed by atoms with E-state index in [1.165, 1.54) is 44.9 Å². The van der Waals surface area contributed by atoms with Gasteiger partial charge in [-0.3, -0.25) is 4.48 Å². The van der Waals surface area contributed by atoms with Crippen molar-refractivity contribution in [1.82, 2.24) is 0 Å². The summed E-state index contributed by atoms with van der Waals surface area (Å²) in [5.41, 5.74) is 0. The molecule has 2 radical (unpaired) electrons. The molecule has 7 nitrogen and oxygen atoms in total. The zero-order chi connectivity index (χ0) is 17.8. The fourth-order valence-electron chi connectivity index (χ4n) is 3.47. The molecule has 1 aliphatic rings. The SMILES string of the molecule is CCCCCCCCCCCC1=NCC[N+]1(CC(=O)O)CC(=O)O.[Na].[Na].[OH-]. The van der Waals surface area contributed by atoms with Gasteiger partial charge in [0.2, 0.25) is 0 Å². The molecule has 0 aromatic rings. The van der Waals surface area contributed by atoms with E-state index in [1.807, 2.05) is 0 Å². The largest absolute Gasteiger partial charge is 0.870 e. The molecule has 3 N–H and O–H groups in total. The van der Waals surface area contributed by atoms with Gasteiger partial charge in [-0.25, -0.2) is 14.6 Å². The number of amidine groups is 1. The number of unbranched alkanes of at least 4 members (excludes halogenated alkanes) is 8. The van der Waals surface area contributed by atoms with Gasteiger partial charge in [-0.1, -0.05) is 58.3 Å². The van der Waals surface area contributed by atoms with Crippen molar-refractivity contribution in [3.8, 4) is 0 Å². The monoisotopic (exact) mass is 404 g/mol. The molecule has 148 valence electrons. The second-order valence-corrected chi connectivity index (χ2v) is 6.85. The molecule has 1 rings (SSSR count). The topological polar surface area (TPSA) is 117 Å². The Labute approximate surface area is 207 Å². The first-order chi connectivity index (χ1) is 11.5. The minimum absolute atomic E-state index is 0. The van der Waals surface area contributed by atoms with Gasteiger partial charge in [0.1, 0.15) is 6.54 Å².